The molecule has 1 heterocycles. The summed E-state index contributed by atoms with van der Waals surface area (Å²) in [6.45, 7) is 5.53. The van der Waals surface area contributed by atoms with Crippen LogP contribution in [-0.4, -0.2) is 43.3 Å². The van der Waals surface area contributed by atoms with Crippen LogP contribution >= 0.6 is 0 Å². The van der Waals surface area contributed by atoms with Crippen molar-refractivity contribution in [2.45, 2.75) is 19.9 Å². The first-order valence-electron chi connectivity index (χ1n) is 5.08. The van der Waals surface area contributed by atoms with Crippen LogP contribution in [0.4, 0.5) is 4.79 Å². The van der Waals surface area contributed by atoms with Gasteiger partial charge in [-0.25, -0.2) is 4.79 Å². The van der Waals surface area contributed by atoms with Crippen molar-refractivity contribution in [2.24, 2.45) is 5.73 Å². The van der Waals surface area contributed by atoms with Crippen molar-refractivity contribution in [1.29, 1.82) is 0 Å². The zero-order chi connectivity index (χ0) is 11.3. The van der Waals surface area contributed by atoms with E-state index in [1.807, 2.05) is 6.92 Å². The predicted octanol–water partition coefficient (Wildman–Crippen LogP) is 0.706. The fraction of sp³-hybridized carbons (Fsp3) is 0.700. The molecule has 1 unspecified atom stereocenters. The molecule has 1 atom stereocenters. The number of hydrogen-bond donors (Lipinski definition) is 1. The molecule has 1 aliphatic rings. The number of rotatable bonds is 2. The van der Waals surface area contributed by atoms with E-state index in [0.29, 0.717) is 32.1 Å². The lowest BCUT2D eigenvalue weighted by Gasteiger charge is -2.33. The molecule has 0 aromatic rings. The van der Waals surface area contributed by atoms with E-state index in [1.54, 1.807) is 17.9 Å². The summed E-state index contributed by atoms with van der Waals surface area (Å²) in [5, 5.41) is 0. The summed E-state index contributed by atoms with van der Waals surface area (Å²) >= 11 is 0. The maximum absolute atomic E-state index is 11.7. The number of morpholine rings is 1. The van der Waals surface area contributed by atoms with E-state index in [4.69, 9.17) is 15.2 Å². The van der Waals surface area contributed by atoms with Gasteiger partial charge in [-0.1, -0.05) is 0 Å². The lowest BCUT2D eigenvalue weighted by atomic mass is 10.2. The maximum atomic E-state index is 11.7. The van der Waals surface area contributed by atoms with Gasteiger partial charge in [-0.05, 0) is 19.9 Å². The Morgan fingerprint density at radius 1 is 1.73 bits per heavy atom. The first kappa shape index (κ1) is 12.0. The molecule has 2 N–H and O–H groups in total. The van der Waals surface area contributed by atoms with Crippen LogP contribution in [0.1, 0.15) is 13.8 Å². The highest BCUT2D eigenvalue weighted by molar-refractivity contribution is 5.69. The number of allylic oxidation sites excluding steroid dienone is 2. The summed E-state index contributed by atoms with van der Waals surface area (Å²) in [6, 6.07) is -0.0732. The SMILES string of the molecule is C/C=C(/C)OC(=O)N1CCOCC1CN. The third-order valence-electron chi connectivity index (χ3n) is 2.39. The molecular formula is C10H18N2O3. The molecule has 1 fully saturated rings. The molecule has 5 heteroatoms. The van der Waals surface area contributed by atoms with Crippen molar-refractivity contribution in [3.05, 3.63) is 11.8 Å². The fourth-order valence-electron chi connectivity index (χ4n) is 1.35. The minimum absolute atomic E-state index is 0.0732. The fourth-order valence-corrected chi connectivity index (χ4v) is 1.35. The lowest BCUT2D eigenvalue weighted by Crippen LogP contribution is -2.52. The summed E-state index contributed by atoms with van der Waals surface area (Å²) in [5.74, 6) is 0.599. The number of carbonyl (C=O) groups excluding carboxylic acids is 1. The monoisotopic (exact) mass is 214 g/mol. The zero-order valence-corrected chi connectivity index (χ0v) is 9.23. The molecule has 0 aromatic carbocycles. The largest absolute Gasteiger partial charge is 0.415 e. The normalized spacial score (nSPS) is 22.7. The molecule has 0 bridgehead atoms. The Balaban J connectivity index is 2.56. The van der Waals surface area contributed by atoms with Crippen molar-refractivity contribution in [1.82, 2.24) is 4.90 Å². The van der Waals surface area contributed by atoms with Crippen LogP contribution < -0.4 is 5.73 Å². The Kier molecular flexibility index (Phi) is 4.58. The average molecular weight is 214 g/mol. The molecule has 0 aromatic heterocycles. The van der Waals surface area contributed by atoms with E-state index in [1.165, 1.54) is 0 Å². The number of amides is 1. The Morgan fingerprint density at radius 2 is 2.47 bits per heavy atom. The van der Waals surface area contributed by atoms with Crippen molar-refractivity contribution in [3.8, 4) is 0 Å². The van der Waals surface area contributed by atoms with Gasteiger partial charge in [0, 0.05) is 13.1 Å². The topological polar surface area (TPSA) is 64.8 Å². The van der Waals surface area contributed by atoms with Crippen LogP contribution in [0.5, 0.6) is 0 Å². The van der Waals surface area contributed by atoms with Gasteiger partial charge in [0.05, 0.1) is 19.3 Å². The van der Waals surface area contributed by atoms with Crippen molar-refractivity contribution in [3.63, 3.8) is 0 Å². The van der Waals surface area contributed by atoms with Crippen LogP contribution in [0, 0.1) is 0 Å². The van der Waals surface area contributed by atoms with Gasteiger partial charge in [-0.3, -0.25) is 4.90 Å². The molecule has 15 heavy (non-hydrogen) atoms. The smallest absolute Gasteiger partial charge is 0.415 e. The first-order valence-corrected chi connectivity index (χ1v) is 5.08. The third-order valence-corrected chi connectivity index (χ3v) is 2.39. The van der Waals surface area contributed by atoms with Crippen LogP contribution in [0.15, 0.2) is 11.8 Å². The quantitative estimate of drug-likeness (QED) is 0.687. The van der Waals surface area contributed by atoms with Gasteiger partial charge in [0.2, 0.25) is 0 Å². The summed E-state index contributed by atoms with van der Waals surface area (Å²) in [5.41, 5.74) is 5.55. The molecular weight excluding hydrogens is 196 g/mol. The van der Waals surface area contributed by atoms with Gasteiger partial charge in [0.25, 0.3) is 0 Å². The Hall–Kier alpha value is -1.07. The number of carbonyl (C=O) groups is 1. The second-order valence-electron chi connectivity index (χ2n) is 3.43. The van der Waals surface area contributed by atoms with Crippen LogP contribution in [-0.2, 0) is 9.47 Å². The lowest BCUT2D eigenvalue weighted by molar-refractivity contribution is -0.0000887. The van der Waals surface area contributed by atoms with Crippen LogP contribution in [0.3, 0.4) is 0 Å². The van der Waals surface area contributed by atoms with E-state index in [2.05, 4.69) is 0 Å². The number of nitrogens with two attached hydrogens (primary N) is 1. The van der Waals surface area contributed by atoms with E-state index in [-0.39, 0.29) is 12.1 Å². The molecule has 1 saturated heterocycles. The number of nitrogens with zero attached hydrogens (tertiary/aromatic N) is 1. The molecule has 0 aliphatic carbocycles. The molecule has 1 rings (SSSR count). The highest BCUT2D eigenvalue weighted by atomic mass is 16.6. The molecule has 86 valence electrons. The predicted molar refractivity (Wildman–Crippen MR) is 56.3 cm³/mol. The molecule has 5 nitrogen and oxygen atoms in total. The first-order chi connectivity index (χ1) is 7.19. The van der Waals surface area contributed by atoms with Gasteiger partial charge >= 0.3 is 6.09 Å². The highest BCUT2D eigenvalue weighted by Gasteiger charge is 2.27. The number of hydrogen-bond acceptors (Lipinski definition) is 4. The van der Waals surface area contributed by atoms with Crippen LogP contribution in [0.2, 0.25) is 0 Å². The molecule has 1 amide bonds. The maximum Gasteiger partial charge on any atom is 0.415 e. The summed E-state index contributed by atoms with van der Waals surface area (Å²) in [6.07, 6.45) is 1.40. The van der Waals surface area contributed by atoms with E-state index in [0.717, 1.165) is 0 Å². The highest BCUT2D eigenvalue weighted by Crippen LogP contribution is 2.09. The summed E-state index contributed by atoms with van der Waals surface area (Å²) in [7, 11) is 0. The molecule has 0 saturated carbocycles. The number of ether oxygens (including phenoxy) is 2. The molecule has 0 radical (unpaired) electrons. The summed E-state index contributed by atoms with van der Waals surface area (Å²) in [4.78, 5) is 13.3. The van der Waals surface area contributed by atoms with E-state index in [9.17, 15) is 4.79 Å². The summed E-state index contributed by atoms with van der Waals surface area (Å²) < 4.78 is 10.3. The van der Waals surface area contributed by atoms with Crippen molar-refractivity contribution < 1.29 is 14.3 Å². The van der Waals surface area contributed by atoms with Crippen LogP contribution in [0.25, 0.3) is 0 Å². The van der Waals surface area contributed by atoms with E-state index < -0.39 is 0 Å². The third kappa shape index (κ3) is 3.21. The standard InChI is InChI=1S/C10H18N2O3/c1-3-8(2)15-10(13)12-4-5-14-7-9(12)6-11/h3,9H,4-7,11H2,1-2H3/b8-3-. The van der Waals surface area contributed by atoms with Gasteiger partial charge in [-0.15, -0.1) is 0 Å². The molecule has 1 aliphatic heterocycles. The van der Waals surface area contributed by atoms with Crippen molar-refractivity contribution in [2.75, 3.05) is 26.3 Å². The minimum atomic E-state index is -0.343. The Bertz CT molecular complexity index is 253. The van der Waals surface area contributed by atoms with E-state index >= 15 is 0 Å². The second kappa shape index (κ2) is 5.72. The van der Waals surface area contributed by atoms with Gasteiger partial charge in [-0.2, -0.15) is 0 Å². The molecule has 0 spiro atoms. The Morgan fingerprint density at radius 3 is 3.07 bits per heavy atom. The van der Waals surface area contributed by atoms with Gasteiger partial charge in [0.1, 0.15) is 5.76 Å². The van der Waals surface area contributed by atoms with Gasteiger partial charge in [0.15, 0.2) is 0 Å². The second-order valence-corrected chi connectivity index (χ2v) is 3.43. The zero-order valence-electron chi connectivity index (χ0n) is 9.23. The van der Waals surface area contributed by atoms with Crippen molar-refractivity contribution >= 4 is 6.09 Å². The minimum Gasteiger partial charge on any atom is -0.415 e. The Labute approximate surface area is 89.8 Å². The average Bonchev–Trinajstić information content (AvgIpc) is 2.28. The van der Waals surface area contributed by atoms with Gasteiger partial charge < -0.3 is 15.2 Å².